The lowest BCUT2D eigenvalue weighted by molar-refractivity contribution is -0.383. The first-order valence-corrected chi connectivity index (χ1v) is 9.98. The highest BCUT2D eigenvalue weighted by Crippen LogP contribution is 2.31. The predicted octanol–water partition coefficient (Wildman–Crippen LogP) is 3.25. The second kappa shape index (κ2) is 9.71. The standard InChI is InChI=1S/C21H26FN5O4/c1-4-25-9-11-26(12-10-25)19-8-6-16(14-17(19)22)23-18-13-15(21(28)24(2)31-3)5-7-20(18)27(29)30/h5-8,13-14,23H,4,9-12H2,1-3H3. The van der Waals surface area contributed by atoms with Crippen molar-refractivity contribution in [3.05, 3.63) is 57.9 Å². The van der Waals surface area contributed by atoms with Gasteiger partial charge in [0.1, 0.15) is 11.5 Å². The Balaban J connectivity index is 1.83. The van der Waals surface area contributed by atoms with E-state index >= 15 is 0 Å². The highest BCUT2D eigenvalue weighted by Gasteiger charge is 2.21. The van der Waals surface area contributed by atoms with Crippen molar-refractivity contribution < 1.29 is 18.9 Å². The quantitative estimate of drug-likeness (QED) is 0.531. The van der Waals surface area contributed by atoms with Crippen molar-refractivity contribution in [2.24, 2.45) is 0 Å². The Kier molecular flexibility index (Phi) is 7.03. The molecule has 0 radical (unpaired) electrons. The van der Waals surface area contributed by atoms with Crippen LogP contribution >= 0.6 is 0 Å². The van der Waals surface area contributed by atoms with Gasteiger partial charge >= 0.3 is 0 Å². The molecule has 1 amide bonds. The third-order valence-corrected chi connectivity index (χ3v) is 5.39. The van der Waals surface area contributed by atoms with Gasteiger partial charge in [0.05, 0.1) is 17.7 Å². The van der Waals surface area contributed by atoms with Crippen LogP contribution in [0.5, 0.6) is 0 Å². The fourth-order valence-electron chi connectivity index (χ4n) is 3.49. The third kappa shape index (κ3) is 5.09. The topological polar surface area (TPSA) is 91.2 Å². The molecular formula is C21H26FN5O4. The molecule has 0 spiro atoms. The van der Waals surface area contributed by atoms with E-state index in [9.17, 15) is 19.3 Å². The first-order valence-electron chi connectivity index (χ1n) is 9.98. The van der Waals surface area contributed by atoms with E-state index in [1.165, 1.54) is 38.4 Å². The lowest BCUT2D eigenvalue weighted by Crippen LogP contribution is -2.46. The maximum Gasteiger partial charge on any atom is 0.292 e. The molecule has 0 saturated carbocycles. The summed E-state index contributed by atoms with van der Waals surface area (Å²) in [4.78, 5) is 32.3. The minimum Gasteiger partial charge on any atom is -0.367 e. The van der Waals surface area contributed by atoms with Crippen LogP contribution < -0.4 is 10.2 Å². The number of piperazine rings is 1. The molecule has 1 aliphatic rings. The number of anilines is 3. The van der Waals surface area contributed by atoms with Crippen LogP contribution in [0.2, 0.25) is 0 Å². The van der Waals surface area contributed by atoms with E-state index in [1.54, 1.807) is 12.1 Å². The molecule has 1 heterocycles. The van der Waals surface area contributed by atoms with Crippen molar-refractivity contribution in [2.45, 2.75) is 6.92 Å². The van der Waals surface area contributed by atoms with Gasteiger partial charge in [-0.1, -0.05) is 6.92 Å². The number of nitro groups is 1. The maximum absolute atomic E-state index is 14.8. The van der Waals surface area contributed by atoms with Crippen molar-refractivity contribution >= 4 is 28.7 Å². The van der Waals surface area contributed by atoms with Crippen molar-refractivity contribution in [2.75, 3.05) is 57.1 Å². The van der Waals surface area contributed by atoms with E-state index < -0.39 is 16.6 Å². The molecular weight excluding hydrogens is 405 g/mol. The number of amides is 1. The summed E-state index contributed by atoms with van der Waals surface area (Å²) in [5.41, 5.74) is 0.909. The van der Waals surface area contributed by atoms with Crippen LogP contribution in [0.15, 0.2) is 36.4 Å². The number of rotatable bonds is 7. The molecule has 9 nitrogen and oxygen atoms in total. The fraction of sp³-hybridized carbons (Fsp3) is 0.381. The molecule has 3 rings (SSSR count). The van der Waals surface area contributed by atoms with Gasteiger partial charge in [0, 0.05) is 50.5 Å². The predicted molar refractivity (Wildman–Crippen MR) is 116 cm³/mol. The van der Waals surface area contributed by atoms with Crippen LogP contribution in [0.25, 0.3) is 0 Å². The van der Waals surface area contributed by atoms with Gasteiger partial charge in [-0.05, 0) is 36.9 Å². The third-order valence-electron chi connectivity index (χ3n) is 5.39. The number of nitrogens with zero attached hydrogens (tertiary/aromatic N) is 4. The van der Waals surface area contributed by atoms with E-state index in [0.29, 0.717) is 11.4 Å². The summed E-state index contributed by atoms with van der Waals surface area (Å²) in [6.07, 6.45) is 0. The smallest absolute Gasteiger partial charge is 0.292 e. The van der Waals surface area contributed by atoms with Crippen molar-refractivity contribution in [3.8, 4) is 0 Å². The van der Waals surface area contributed by atoms with Gasteiger partial charge in [0.15, 0.2) is 0 Å². The van der Waals surface area contributed by atoms with Crippen molar-refractivity contribution in [1.82, 2.24) is 9.96 Å². The van der Waals surface area contributed by atoms with Crippen LogP contribution in [0.3, 0.4) is 0 Å². The number of halogens is 1. The number of hydrogen-bond acceptors (Lipinski definition) is 7. The van der Waals surface area contributed by atoms with Gasteiger partial charge in [-0.3, -0.25) is 19.7 Å². The Morgan fingerprint density at radius 1 is 1.23 bits per heavy atom. The summed E-state index contributed by atoms with van der Waals surface area (Å²) in [5, 5.41) is 15.3. The van der Waals surface area contributed by atoms with Crippen LogP contribution in [0.4, 0.5) is 27.1 Å². The molecule has 0 bridgehead atoms. The Morgan fingerprint density at radius 2 is 1.94 bits per heavy atom. The Labute approximate surface area is 180 Å². The highest BCUT2D eigenvalue weighted by molar-refractivity contribution is 5.95. The average molecular weight is 431 g/mol. The molecule has 1 saturated heterocycles. The van der Waals surface area contributed by atoms with Crippen molar-refractivity contribution in [1.29, 1.82) is 0 Å². The minimum atomic E-state index is -0.561. The second-order valence-electron chi connectivity index (χ2n) is 7.19. The summed E-state index contributed by atoms with van der Waals surface area (Å²) >= 11 is 0. The lowest BCUT2D eigenvalue weighted by Gasteiger charge is -2.35. The molecule has 31 heavy (non-hydrogen) atoms. The van der Waals surface area contributed by atoms with Gasteiger partial charge < -0.3 is 15.1 Å². The Morgan fingerprint density at radius 3 is 2.52 bits per heavy atom. The molecule has 0 atom stereocenters. The summed E-state index contributed by atoms with van der Waals surface area (Å²) in [6.45, 7) is 6.30. The molecule has 2 aromatic rings. The Hall–Kier alpha value is -3.24. The van der Waals surface area contributed by atoms with Crippen LogP contribution in [0.1, 0.15) is 17.3 Å². The lowest BCUT2D eigenvalue weighted by atomic mass is 10.1. The van der Waals surface area contributed by atoms with Gasteiger partial charge in [0.2, 0.25) is 0 Å². The number of hydroxylamine groups is 2. The molecule has 2 aromatic carbocycles. The second-order valence-corrected chi connectivity index (χ2v) is 7.19. The molecule has 1 fully saturated rings. The molecule has 1 N–H and O–H groups in total. The first kappa shape index (κ1) is 22.4. The largest absolute Gasteiger partial charge is 0.367 e. The van der Waals surface area contributed by atoms with E-state index in [0.717, 1.165) is 37.8 Å². The highest BCUT2D eigenvalue weighted by atomic mass is 19.1. The molecule has 0 aliphatic carbocycles. The van der Waals surface area contributed by atoms with Gasteiger partial charge in [-0.25, -0.2) is 9.45 Å². The number of carbonyl (C=O) groups is 1. The van der Waals surface area contributed by atoms with Crippen LogP contribution in [-0.2, 0) is 4.84 Å². The summed E-state index contributed by atoms with van der Waals surface area (Å²) in [5.74, 6) is -0.878. The maximum atomic E-state index is 14.8. The summed E-state index contributed by atoms with van der Waals surface area (Å²) in [7, 11) is 2.78. The molecule has 1 aliphatic heterocycles. The van der Waals surface area contributed by atoms with Crippen molar-refractivity contribution in [3.63, 3.8) is 0 Å². The van der Waals surface area contributed by atoms with Gasteiger partial charge in [-0.15, -0.1) is 0 Å². The minimum absolute atomic E-state index is 0.0871. The zero-order valence-corrected chi connectivity index (χ0v) is 17.8. The number of carbonyl (C=O) groups excluding carboxylic acids is 1. The van der Waals surface area contributed by atoms with Gasteiger partial charge in [-0.2, -0.15) is 0 Å². The number of nitrogens with one attached hydrogen (secondary N) is 1. The molecule has 166 valence electrons. The van der Waals surface area contributed by atoms with Gasteiger partial charge in [0.25, 0.3) is 11.6 Å². The Bertz CT molecular complexity index is 963. The number of hydrogen-bond donors (Lipinski definition) is 1. The fourth-order valence-corrected chi connectivity index (χ4v) is 3.49. The molecule has 0 aromatic heterocycles. The van der Waals surface area contributed by atoms with E-state index in [-0.39, 0.29) is 16.9 Å². The van der Waals surface area contributed by atoms with Crippen LogP contribution in [0, 0.1) is 15.9 Å². The zero-order chi connectivity index (χ0) is 22.5. The average Bonchev–Trinajstić information content (AvgIpc) is 2.78. The normalized spacial score (nSPS) is 14.4. The van der Waals surface area contributed by atoms with E-state index in [1.807, 2.05) is 4.90 Å². The SMILES string of the molecule is CCN1CCN(c2ccc(Nc3cc(C(=O)N(C)OC)ccc3[N+](=O)[O-])cc2F)CC1. The molecule has 0 unspecified atom stereocenters. The monoisotopic (exact) mass is 431 g/mol. The number of nitro benzene ring substituents is 1. The van der Waals surface area contributed by atoms with E-state index in [2.05, 4.69) is 17.1 Å². The zero-order valence-electron chi connectivity index (χ0n) is 17.8. The molecule has 10 heteroatoms. The van der Waals surface area contributed by atoms with E-state index in [4.69, 9.17) is 4.84 Å². The van der Waals surface area contributed by atoms with Crippen LogP contribution in [-0.4, -0.2) is 67.7 Å². The summed E-state index contributed by atoms with van der Waals surface area (Å²) < 4.78 is 14.8. The summed E-state index contributed by atoms with van der Waals surface area (Å²) in [6, 6.07) is 8.58. The number of benzene rings is 2. The number of likely N-dealkylation sites (N-methyl/N-ethyl adjacent to an activating group) is 1. The first-order chi connectivity index (χ1) is 14.8.